The summed E-state index contributed by atoms with van der Waals surface area (Å²) in [4.78, 5) is 38.3. The molecule has 0 radical (unpaired) electrons. The van der Waals surface area contributed by atoms with Crippen molar-refractivity contribution in [3.05, 3.63) is 81.9 Å². The number of esters is 1. The Morgan fingerprint density at radius 2 is 1.79 bits per heavy atom. The smallest absolute Gasteiger partial charge is 0.332 e. The molecule has 0 aromatic heterocycles. The molecule has 0 unspecified atom stereocenters. The summed E-state index contributed by atoms with van der Waals surface area (Å²) in [6.45, 7) is -0.284. The summed E-state index contributed by atoms with van der Waals surface area (Å²) in [5, 5.41) is 11.5. The second-order valence-electron chi connectivity index (χ2n) is 6.86. The third-order valence-corrected chi connectivity index (χ3v) is 5.34. The third-order valence-electron chi connectivity index (χ3n) is 5.34. The average molecular weight is 382 g/mol. The first-order valence-corrected chi connectivity index (χ1v) is 9.08. The maximum Gasteiger partial charge on any atom is 0.332 e. The van der Waals surface area contributed by atoms with Crippen LogP contribution in [0.2, 0.25) is 0 Å². The molecule has 28 heavy (non-hydrogen) atoms. The van der Waals surface area contributed by atoms with E-state index in [1.54, 1.807) is 30.3 Å². The van der Waals surface area contributed by atoms with E-state index >= 15 is 0 Å². The van der Waals surface area contributed by atoms with Gasteiger partial charge in [0.25, 0.3) is 0 Å². The first-order chi connectivity index (χ1) is 13.5. The van der Waals surface area contributed by atoms with E-state index in [1.807, 2.05) is 30.3 Å². The average Bonchev–Trinajstić information content (AvgIpc) is 3.04. The second kappa shape index (κ2) is 8.21. The molecule has 1 fully saturated rings. The fraction of sp³-hybridized carbons (Fsp3) is 0.333. The molecule has 2 atom stereocenters. The van der Waals surface area contributed by atoms with E-state index in [4.69, 9.17) is 4.74 Å². The molecule has 3 rings (SSSR count). The van der Waals surface area contributed by atoms with E-state index in [9.17, 15) is 19.7 Å². The molecular formula is C21H22N2O5. The molecule has 1 saturated heterocycles. The van der Waals surface area contributed by atoms with Gasteiger partial charge in [0.1, 0.15) is 0 Å². The van der Waals surface area contributed by atoms with Gasteiger partial charge in [-0.05, 0) is 17.5 Å². The van der Waals surface area contributed by atoms with Crippen molar-refractivity contribution in [2.45, 2.75) is 30.8 Å². The molecule has 0 N–H and O–H groups in total. The summed E-state index contributed by atoms with van der Waals surface area (Å²) >= 11 is 0. The van der Waals surface area contributed by atoms with Crippen LogP contribution in [0.5, 0.6) is 0 Å². The Hall–Kier alpha value is -3.22. The monoisotopic (exact) mass is 382 g/mol. The number of carbonyl (C=O) groups excluding carboxylic acids is 2. The predicted molar refractivity (Wildman–Crippen MR) is 102 cm³/mol. The number of benzene rings is 2. The first-order valence-electron chi connectivity index (χ1n) is 9.08. The molecule has 0 saturated carbocycles. The highest BCUT2D eigenvalue weighted by Gasteiger charge is 2.59. The number of nitrogens with zero attached hydrogens (tertiary/aromatic N) is 2. The minimum Gasteiger partial charge on any atom is -0.467 e. The molecular weight excluding hydrogens is 360 g/mol. The zero-order valence-corrected chi connectivity index (χ0v) is 15.6. The van der Waals surface area contributed by atoms with Gasteiger partial charge in [-0.2, -0.15) is 0 Å². The molecule has 1 amide bonds. The quantitative estimate of drug-likeness (QED) is 0.417. The van der Waals surface area contributed by atoms with Gasteiger partial charge in [0, 0.05) is 17.9 Å². The zero-order chi connectivity index (χ0) is 20.1. The van der Waals surface area contributed by atoms with Crippen LogP contribution in [0.4, 0.5) is 0 Å². The van der Waals surface area contributed by atoms with Crippen LogP contribution in [0, 0.1) is 10.1 Å². The Bertz CT molecular complexity index is 856. The van der Waals surface area contributed by atoms with Crippen LogP contribution in [0.3, 0.4) is 0 Å². The Balaban J connectivity index is 2.12. The number of likely N-dealkylation sites (tertiary alicyclic amines) is 1. The van der Waals surface area contributed by atoms with Gasteiger partial charge in [0.15, 0.2) is 5.54 Å². The fourth-order valence-corrected chi connectivity index (χ4v) is 4.05. The Morgan fingerprint density at radius 3 is 2.36 bits per heavy atom. The summed E-state index contributed by atoms with van der Waals surface area (Å²) in [7, 11) is 1.25. The SMILES string of the molecule is COC(=O)[C@@]1([C@H](C[N+](=O)[O-])c2ccccc2)CCC(=O)N1Cc1ccccc1. The van der Waals surface area contributed by atoms with Crippen molar-refractivity contribution in [1.29, 1.82) is 0 Å². The number of hydrogen-bond acceptors (Lipinski definition) is 5. The number of methoxy groups -OCH3 is 1. The van der Waals surface area contributed by atoms with Crippen LogP contribution in [0.1, 0.15) is 29.9 Å². The summed E-state index contributed by atoms with van der Waals surface area (Å²) in [6.07, 6.45) is 0.321. The molecule has 2 aromatic carbocycles. The van der Waals surface area contributed by atoms with Gasteiger partial charge < -0.3 is 9.64 Å². The summed E-state index contributed by atoms with van der Waals surface area (Å²) in [5.41, 5.74) is 0.0622. The summed E-state index contributed by atoms with van der Waals surface area (Å²) in [5.74, 6) is -1.64. The van der Waals surface area contributed by atoms with E-state index in [2.05, 4.69) is 0 Å². The van der Waals surface area contributed by atoms with Crippen molar-refractivity contribution in [3.63, 3.8) is 0 Å². The highest BCUT2D eigenvalue weighted by Crippen LogP contribution is 2.44. The molecule has 7 heteroatoms. The number of ether oxygens (including phenoxy) is 1. The topological polar surface area (TPSA) is 89.7 Å². The van der Waals surface area contributed by atoms with Gasteiger partial charge in [-0.3, -0.25) is 14.9 Å². The molecule has 2 aromatic rings. The maximum atomic E-state index is 13.0. The molecule has 0 spiro atoms. The van der Waals surface area contributed by atoms with Crippen molar-refractivity contribution >= 4 is 11.9 Å². The van der Waals surface area contributed by atoms with Gasteiger partial charge in [-0.25, -0.2) is 4.79 Å². The van der Waals surface area contributed by atoms with Gasteiger partial charge in [0.2, 0.25) is 12.5 Å². The van der Waals surface area contributed by atoms with Crippen molar-refractivity contribution in [1.82, 2.24) is 4.90 Å². The van der Waals surface area contributed by atoms with Crippen LogP contribution < -0.4 is 0 Å². The lowest BCUT2D eigenvalue weighted by Crippen LogP contribution is -2.57. The van der Waals surface area contributed by atoms with Gasteiger partial charge in [-0.1, -0.05) is 60.7 Å². The number of hydrogen-bond donors (Lipinski definition) is 0. The predicted octanol–water partition coefficient (Wildman–Crippen LogP) is 2.78. The molecule has 0 aliphatic carbocycles. The molecule has 1 heterocycles. The van der Waals surface area contributed by atoms with E-state index in [-0.39, 0.29) is 25.3 Å². The minimum atomic E-state index is -1.42. The van der Waals surface area contributed by atoms with Gasteiger partial charge in [-0.15, -0.1) is 0 Å². The van der Waals surface area contributed by atoms with Gasteiger partial charge >= 0.3 is 5.97 Å². The number of rotatable bonds is 7. The van der Waals surface area contributed by atoms with Crippen molar-refractivity contribution < 1.29 is 19.2 Å². The highest BCUT2D eigenvalue weighted by molar-refractivity contribution is 5.93. The highest BCUT2D eigenvalue weighted by atomic mass is 16.6. The molecule has 7 nitrogen and oxygen atoms in total. The van der Waals surface area contributed by atoms with Crippen LogP contribution in [-0.2, 0) is 20.9 Å². The normalized spacial score (nSPS) is 20.0. The van der Waals surface area contributed by atoms with Crippen LogP contribution in [-0.4, -0.2) is 40.9 Å². The van der Waals surface area contributed by atoms with Crippen LogP contribution >= 0.6 is 0 Å². The van der Waals surface area contributed by atoms with Crippen LogP contribution in [0.25, 0.3) is 0 Å². The van der Waals surface area contributed by atoms with E-state index in [1.165, 1.54) is 12.0 Å². The Labute approximate surface area is 163 Å². The number of carbonyl (C=O) groups is 2. The largest absolute Gasteiger partial charge is 0.467 e. The molecule has 1 aliphatic rings. The lowest BCUT2D eigenvalue weighted by atomic mass is 9.76. The van der Waals surface area contributed by atoms with Crippen molar-refractivity contribution in [2.24, 2.45) is 0 Å². The minimum absolute atomic E-state index is 0.142. The lowest BCUT2D eigenvalue weighted by Gasteiger charge is -2.40. The van der Waals surface area contributed by atoms with Crippen molar-refractivity contribution in [3.8, 4) is 0 Å². The Morgan fingerprint density at radius 1 is 1.18 bits per heavy atom. The molecule has 146 valence electrons. The van der Waals surface area contributed by atoms with E-state index in [0.717, 1.165) is 5.56 Å². The first kappa shape index (κ1) is 19.5. The van der Waals surface area contributed by atoms with E-state index < -0.39 is 28.9 Å². The zero-order valence-electron chi connectivity index (χ0n) is 15.6. The van der Waals surface area contributed by atoms with Gasteiger partial charge in [0.05, 0.1) is 13.0 Å². The number of amides is 1. The molecule has 1 aliphatic heterocycles. The maximum absolute atomic E-state index is 13.0. The Kier molecular flexibility index (Phi) is 5.73. The van der Waals surface area contributed by atoms with E-state index in [0.29, 0.717) is 5.56 Å². The number of nitro groups is 1. The summed E-state index contributed by atoms with van der Waals surface area (Å²) in [6, 6.07) is 18.1. The fourth-order valence-electron chi connectivity index (χ4n) is 4.05. The lowest BCUT2D eigenvalue weighted by molar-refractivity contribution is -0.485. The standard InChI is InChI=1S/C21H22N2O5/c1-28-20(25)21(18(15-23(26)27)17-10-6-3-7-11-17)13-12-19(24)22(21)14-16-8-4-2-5-9-16/h2-11,18H,12-15H2,1H3/t18-,21+/m1/s1. The molecule has 0 bridgehead atoms. The van der Waals surface area contributed by atoms with Crippen molar-refractivity contribution in [2.75, 3.05) is 13.7 Å². The summed E-state index contributed by atoms with van der Waals surface area (Å²) < 4.78 is 5.08. The second-order valence-corrected chi connectivity index (χ2v) is 6.86. The van der Waals surface area contributed by atoms with Crippen LogP contribution in [0.15, 0.2) is 60.7 Å². The third kappa shape index (κ3) is 3.60.